The fraction of sp³-hybridized carbons (Fsp3) is 0.385. The predicted octanol–water partition coefficient (Wildman–Crippen LogP) is 2.94. The van der Waals surface area contributed by atoms with Crippen molar-refractivity contribution in [2.75, 3.05) is 18.1 Å². The van der Waals surface area contributed by atoms with Gasteiger partial charge in [-0.15, -0.1) is 10.2 Å². The van der Waals surface area contributed by atoms with E-state index < -0.39 is 27.4 Å². The van der Waals surface area contributed by atoms with Gasteiger partial charge in [0.15, 0.2) is 0 Å². The van der Waals surface area contributed by atoms with E-state index in [1.807, 2.05) is 52.2 Å². The van der Waals surface area contributed by atoms with Gasteiger partial charge in [-0.1, -0.05) is 32.9 Å². The van der Waals surface area contributed by atoms with Gasteiger partial charge in [-0.3, -0.25) is 9.48 Å². The van der Waals surface area contributed by atoms with Crippen molar-refractivity contribution in [3.05, 3.63) is 65.8 Å². The Hall–Kier alpha value is -4.17. The average molecular weight is 566 g/mol. The maximum absolute atomic E-state index is 13.1. The topological polar surface area (TPSA) is 161 Å². The number of aromatic nitrogens is 6. The van der Waals surface area contributed by atoms with Crippen molar-refractivity contribution >= 4 is 27.6 Å². The molecule has 40 heavy (non-hydrogen) atoms. The van der Waals surface area contributed by atoms with Crippen LogP contribution in [0.2, 0.25) is 0 Å². The average Bonchev–Trinajstić information content (AvgIpc) is 3.50. The lowest BCUT2D eigenvalue weighted by atomic mass is 9.96. The van der Waals surface area contributed by atoms with Gasteiger partial charge < -0.3 is 15.1 Å². The van der Waals surface area contributed by atoms with E-state index in [-0.39, 0.29) is 19.0 Å². The highest BCUT2D eigenvalue weighted by atomic mass is 32.2. The number of sulfonamides is 1. The molecule has 0 saturated carbocycles. The zero-order valence-electron chi connectivity index (χ0n) is 22.9. The summed E-state index contributed by atoms with van der Waals surface area (Å²) in [6, 6.07) is 7.00. The van der Waals surface area contributed by atoms with Gasteiger partial charge in [-0.05, 0) is 29.7 Å². The number of carbonyl (C=O) groups excluding carboxylic acids is 1. The monoisotopic (exact) mass is 565 g/mol. The number of nitrogens with zero attached hydrogens (tertiary/aromatic N) is 7. The number of amides is 1. The van der Waals surface area contributed by atoms with E-state index in [4.69, 9.17) is 4.42 Å². The van der Waals surface area contributed by atoms with E-state index in [1.165, 1.54) is 10.6 Å². The van der Waals surface area contributed by atoms with Crippen molar-refractivity contribution in [3.8, 4) is 11.3 Å². The number of carbonyl (C=O) groups is 1. The second-order valence-corrected chi connectivity index (χ2v) is 12.8. The van der Waals surface area contributed by atoms with Gasteiger partial charge in [-0.25, -0.2) is 18.4 Å². The van der Waals surface area contributed by atoms with Crippen LogP contribution in [0.3, 0.4) is 0 Å². The smallest absolute Gasteiger partial charge is 0.309 e. The van der Waals surface area contributed by atoms with Gasteiger partial charge in [0, 0.05) is 43.5 Å². The van der Waals surface area contributed by atoms with E-state index in [0.29, 0.717) is 24.0 Å². The summed E-state index contributed by atoms with van der Waals surface area (Å²) in [7, 11) is -1.67. The highest BCUT2D eigenvalue weighted by molar-refractivity contribution is 7.88. The van der Waals surface area contributed by atoms with Crippen LogP contribution < -0.4 is 10.6 Å². The molecule has 1 atom stereocenters. The van der Waals surface area contributed by atoms with E-state index in [1.54, 1.807) is 23.1 Å². The first-order valence-corrected chi connectivity index (χ1v) is 14.5. The second kappa shape index (κ2) is 10.4. The van der Waals surface area contributed by atoms with Crippen molar-refractivity contribution in [2.24, 2.45) is 7.05 Å². The molecule has 0 radical (unpaired) electrons. The molecule has 0 unspecified atom stereocenters. The maximum atomic E-state index is 13.1. The summed E-state index contributed by atoms with van der Waals surface area (Å²) in [5, 5.41) is 18.1. The summed E-state index contributed by atoms with van der Waals surface area (Å²) < 4.78 is 33.8. The number of anilines is 2. The lowest BCUT2D eigenvalue weighted by Gasteiger charge is -2.19. The van der Waals surface area contributed by atoms with Gasteiger partial charge in [0.1, 0.15) is 0 Å². The highest BCUT2D eigenvalue weighted by Gasteiger charge is 2.30. The molecule has 0 fully saturated rings. The molecule has 3 aromatic heterocycles. The SMILES string of the molecule is Cn1cc(Nc2nccc(-c3ccc4c(c3)CN(S(C)(=O)=O)CC[C@H]4NC(=O)c3nnc(C(C)(C)C)o3)n2)cn1. The Morgan fingerprint density at radius 1 is 1.18 bits per heavy atom. The molecule has 210 valence electrons. The van der Waals surface area contributed by atoms with Gasteiger partial charge in [0.2, 0.25) is 21.9 Å². The minimum Gasteiger partial charge on any atom is -0.416 e. The molecule has 4 heterocycles. The van der Waals surface area contributed by atoms with E-state index in [9.17, 15) is 13.2 Å². The van der Waals surface area contributed by atoms with Crippen LogP contribution in [0.15, 0.2) is 47.3 Å². The molecule has 1 aromatic carbocycles. The van der Waals surface area contributed by atoms with Crippen molar-refractivity contribution in [1.29, 1.82) is 0 Å². The van der Waals surface area contributed by atoms with Crippen LogP contribution in [0, 0.1) is 0 Å². The molecule has 0 aliphatic carbocycles. The minimum absolute atomic E-state index is 0.137. The molecule has 2 N–H and O–H groups in total. The van der Waals surface area contributed by atoms with E-state index in [2.05, 4.69) is 35.9 Å². The Morgan fingerprint density at radius 2 is 1.98 bits per heavy atom. The number of fused-ring (bicyclic) bond motifs is 1. The molecular formula is C26H31N9O4S. The number of aryl methyl sites for hydroxylation is 1. The fourth-order valence-corrected chi connectivity index (χ4v) is 5.22. The largest absolute Gasteiger partial charge is 0.416 e. The Labute approximate surface area is 232 Å². The number of nitrogens with one attached hydrogen (secondary N) is 2. The summed E-state index contributed by atoms with van der Waals surface area (Å²) in [5.74, 6) is 0.103. The molecule has 0 spiro atoms. The van der Waals surface area contributed by atoms with E-state index in [0.717, 1.165) is 22.4 Å². The highest BCUT2D eigenvalue weighted by Crippen LogP contribution is 2.32. The Balaban J connectivity index is 1.45. The molecule has 5 rings (SSSR count). The number of hydrogen-bond acceptors (Lipinski definition) is 10. The lowest BCUT2D eigenvalue weighted by molar-refractivity contribution is 0.0896. The molecule has 14 heteroatoms. The van der Waals surface area contributed by atoms with Crippen molar-refractivity contribution in [3.63, 3.8) is 0 Å². The third kappa shape index (κ3) is 6.02. The Morgan fingerprint density at radius 3 is 2.65 bits per heavy atom. The first-order chi connectivity index (χ1) is 18.9. The summed E-state index contributed by atoms with van der Waals surface area (Å²) in [5.41, 5.74) is 3.35. The molecular weight excluding hydrogens is 534 g/mol. The normalized spacial score (nSPS) is 16.3. The van der Waals surface area contributed by atoms with Crippen LogP contribution in [-0.2, 0) is 29.0 Å². The van der Waals surface area contributed by atoms with Crippen LogP contribution in [0.25, 0.3) is 11.3 Å². The van der Waals surface area contributed by atoms with Crippen LogP contribution in [0.1, 0.15) is 60.9 Å². The number of rotatable bonds is 6. The summed E-state index contributed by atoms with van der Waals surface area (Å²) in [6.07, 6.45) is 6.69. The maximum Gasteiger partial charge on any atom is 0.309 e. The molecule has 4 aromatic rings. The molecule has 0 bridgehead atoms. The quantitative estimate of drug-likeness (QED) is 0.356. The summed E-state index contributed by atoms with van der Waals surface area (Å²) in [6.45, 7) is 6.14. The molecule has 13 nitrogen and oxygen atoms in total. The number of benzene rings is 1. The molecule has 0 saturated heterocycles. The predicted molar refractivity (Wildman–Crippen MR) is 147 cm³/mol. The third-order valence-corrected chi connectivity index (χ3v) is 7.73. The van der Waals surface area contributed by atoms with Gasteiger partial charge >= 0.3 is 11.8 Å². The molecule has 1 aliphatic rings. The Kier molecular flexibility index (Phi) is 7.14. The zero-order valence-corrected chi connectivity index (χ0v) is 23.7. The van der Waals surface area contributed by atoms with Crippen LogP contribution in [0.5, 0.6) is 0 Å². The van der Waals surface area contributed by atoms with Crippen LogP contribution in [-0.4, -0.2) is 61.4 Å². The second-order valence-electron chi connectivity index (χ2n) is 10.8. The van der Waals surface area contributed by atoms with Gasteiger partial charge in [-0.2, -0.15) is 9.40 Å². The summed E-state index contributed by atoms with van der Waals surface area (Å²) in [4.78, 5) is 22.0. The minimum atomic E-state index is -3.49. The van der Waals surface area contributed by atoms with Crippen molar-refractivity contribution < 1.29 is 17.6 Å². The first kappa shape index (κ1) is 27.4. The van der Waals surface area contributed by atoms with Crippen LogP contribution >= 0.6 is 0 Å². The molecule has 1 amide bonds. The molecule has 1 aliphatic heterocycles. The van der Waals surface area contributed by atoms with Crippen LogP contribution in [0.4, 0.5) is 11.6 Å². The summed E-state index contributed by atoms with van der Waals surface area (Å²) >= 11 is 0. The van der Waals surface area contributed by atoms with E-state index >= 15 is 0 Å². The number of hydrogen-bond donors (Lipinski definition) is 2. The fourth-order valence-electron chi connectivity index (χ4n) is 4.41. The lowest BCUT2D eigenvalue weighted by Crippen LogP contribution is -2.32. The zero-order chi connectivity index (χ0) is 28.7. The Bertz CT molecular complexity index is 1660. The van der Waals surface area contributed by atoms with Crippen molar-refractivity contribution in [1.82, 2.24) is 39.6 Å². The first-order valence-electron chi connectivity index (χ1n) is 12.7. The van der Waals surface area contributed by atoms with Gasteiger partial charge in [0.25, 0.3) is 0 Å². The van der Waals surface area contributed by atoms with Gasteiger partial charge in [0.05, 0.1) is 29.9 Å². The van der Waals surface area contributed by atoms with Crippen molar-refractivity contribution in [2.45, 2.75) is 45.2 Å². The standard InChI is InChI=1S/C26H31N9O4S/c1-26(2,3)24-33-32-23(39-24)22(36)30-21-9-11-35(40(5,37)38)14-17-12-16(6-7-19(17)21)20-8-10-27-25(31-20)29-18-13-28-34(4)15-18/h6-8,10,12-13,15,21H,9,11,14H2,1-5H3,(H,30,36)(H,27,29,31)/t21-/m1/s1. The third-order valence-electron chi connectivity index (χ3n) is 6.48.